The fourth-order valence-electron chi connectivity index (χ4n) is 2.25. The molecule has 0 atom stereocenters. The molecule has 19 heavy (non-hydrogen) atoms. The molecule has 0 aromatic carbocycles. The molecule has 0 aliphatic carbocycles. The Morgan fingerprint density at radius 1 is 1.32 bits per heavy atom. The van der Waals surface area contributed by atoms with Crippen LogP contribution in [-0.4, -0.2) is 34.0 Å². The van der Waals surface area contributed by atoms with Gasteiger partial charge in [0.05, 0.1) is 4.92 Å². The van der Waals surface area contributed by atoms with E-state index in [1.807, 2.05) is 18.7 Å². The van der Waals surface area contributed by atoms with Gasteiger partial charge >= 0.3 is 5.69 Å². The van der Waals surface area contributed by atoms with E-state index in [-0.39, 0.29) is 11.7 Å². The first-order valence-electron chi connectivity index (χ1n) is 6.60. The molecule has 2 rings (SSSR count). The fraction of sp³-hybridized carbons (Fsp3) is 0.667. The Kier molecular flexibility index (Phi) is 4.13. The molecule has 1 aromatic heterocycles. The third-order valence-electron chi connectivity index (χ3n) is 3.07. The number of nitrogens with one attached hydrogen (secondary N) is 1. The lowest BCUT2D eigenvalue weighted by Crippen LogP contribution is -2.31. The summed E-state index contributed by atoms with van der Waals surface area (Å²) in [6.07, 6.45) is 4.66. The van der Waals surface area contributed by atoms with E-state index in [2.05, 4.69) is 15.3 Å². The summed E-state index contributed by atoms with van der Waals surface area (Å²) in [4.78, 5) is 21.0. The summed E-state index contributed by atoms with van der Waals surface area (Å²) >= 11 is 0. The van der Waals surface area contributed by atoms with Crippen LogP contribution in [0.2, 0.25) is 0 Å². The Bertz CT molecular complexity index is 457. The van der Waals surface area contributed by atoms with Crippen LogP contribution in [0.4, 0.5) is 17.3 Å². The Hall–Kier alpha value is -1.92. The maximum Gasteiger partial charge on any atom is 0.353 e. The van der Waals surface area contributed by atoms with E-state index in [1.54, 1.807) is 0 Å². The van der Waals surface area contributed by atoms with Crippen LogP contribution in [0.5, 0.6) is 0 Å². The van der Waals surface area contributed by atoms with E-state index < -0.39 is 4.92 Å². The monoisotopic (exact) mass is 265 g/mol. The number of hydrogen-bond acceptors (Lipinski definition) is 6. The molecule has 7 heteroatoms. The summed E-state index contributed by atoms with van der Waals surface area (Å²) in [5.74, 6) is 0.735. The van der Waals surface area contributed by atoms with Gasteiger partial charge < -0.3 is 10.2 Å². The highest BCUT2D eigenvalue weighted by atomic mass is 16.6. The maximum absolute atomic E-state index is 11.3. The zero-order chi connectivity index (χ0) is 13.8. The van der Waals surface area contributed by atoms with Gasteiger partial charge in [0.15, 0.2) is 0 Å². The first-order valence-corrected chi connectivity index (χ1v) is 6.60. The van der Waals surface area contributed by atoms with Crippen molar-refractivity contribution in [3.8, 4) is 0 Å². The molecule has 2 heterocycles. The maximum atomic E-state index is 11.3. The number of aromatic nitrogens is 2. The van der Waals surface area contributed by atoms with Crippen molar-refractivity contribution in [2.75, 3.05) is 23.3 Å². The van der Waals surface area contributed by atoms with E-state index in [0.717, 1.165) is 25.9 Å². The third-order valence-corrected chi connectivity index (χ3v) is 3.07. The quantitative estimate of drug-likeness (QED) is 0.663. The molecule has 104 valence electrons. The van der Waals surface area contributed by atoms with Crippen LogP contribution in [0.1, 0.15) is 33.1 Å². The van der Waals surface area contributed by atoms with Crippen molar-refractivity contribution < 1.29 is 4.92 Å². The lowest BCUT2D eigenvalue weighted by atomic mass is 10.1. The van der Waals surface area contributed by atoms with Gasteiger partial charge in [-0.15, -0.1) is 0 Å². The average molecular weight is 265 g/mol. The molecule has 1 aromatic rings. The second-order valence-electron chi connectivity index (χ2n) is 5.00. The summed E-state index contributed by atoms with van der Waals surface area (Å²) in [6.45, 7) is 5.48. The van der Waals surface area contributed by atoms with Gasteiger partial charge in [0.25, 0.3) is 0 Å². The standard InChI is InChI=1S/C12H19N5O2/c1-9(2)15-11-10(17(18)19)12(14-8-13-11)16-6-4-3-5-7-16/h8-9H,3-7H2,1-2H3,(H,13,14,15). The van der Waals surface area contributed by atoms with Gasteiger partial charge in [-0.25, -0.2) is 9.97 Å². The van der Waals surface area contributed by atoms with Crippen molar-refractivity contribution in [2.24, 2.45) is 0 Å². The molecule has 7 nitrogen and oxygen atoms in total. The second-order valence-corrected chi connectivity index (χ2v) is 5.00. The molecular weight excluding hydrogens is 246 g/mol. The van der Waals surface area contributed by atoms with Gasteiger partial charge in [-0.3, -0.25) is 10.1 Å². The summed E-state index contributed by atoms with van der Waals surface area (Å²) in [5, 5.41) is 14.3. The van der Waals surface area contributed by atoms with Crippen LogP contribution in [0.3, 0.4) is 0 Å². The summed E-state index contributed by atoms with van der Waals surface area (Å²) < 4.78 is 0. The van der Waals surface area contributed by atoms with Crippen LogP contribution in [0.15, 0.2) is 6.33 Å². The highest BCUT2D eigenvalue weighted by Gasteiger charge is 2.27. The predicted octanol–water partition coefficient (Wildman–Crippen LogP) is 2.20. The number of anilines is 2. The first-order chi connectivity index (χ1) is 9.09. The Morgan fingerprint density at radius 3 is 2.58 bits per heavy atom. The lowest BCUT2D eigenvalue weighted by Gasteiger charge is -2.27. The first kappa shape index (κ1) is 13.5. The predicted molar refractivity (Wildman–Crippen MR) is 73.5 cm³/mol. The van der Waals surface area contributed by atoms with Crippen LogP contribution >= 0.6 is 0 Å². The van der Waals surface area contributed by atoms with Crippen molar-refractivity contribution in [3.63, 3.8) is 0 Å². The third kappa shape index (κ3) is 3.10. The van der Waals surface area contributed by atoms with E-state index in [1.165, 1.54) is 12.7 Å². The van der Waals surface area contributed by atoms with E-state index in [9.17, 15) is 10.1 Å². The molecule has 1 fully saturated rings. The van der Waals surface area contributed by atoms with Crippen molar-refractivity contribution in [1.29, 1.82) is 0 Å². The Morgan fingerprint density at radius 2 is 2.00 bits per heavy atom. The molecule has 0 saturated carbocycles. The zero-order valence-corrected chi connectivity index (χ0v) is 11.3. The molecule has 1 N–H and O–H groups in total. The molecule has 0 bridgehead atoms. The summed E-state index contributed by atoms with van der Waals surface area (Å²) in [6, 6.07) is 0.0859. The van der Waals surface area contributed by atoms with Crippen LogP contribution in [-0.2, 0) is 0 Å². The number of nitrogens with zero attached hydrogens (tertiary/aromatic N) is 4. The number of rotatable bonds is 4. The van der Waals surface area contributed by atoms with Crippen LogP contribution < -0.4 is 10.2 Å². The topological polar surface area (TPSA) is 84.2 Å². The lowest BCUT2D eigenvalue weighted by molar-refractivity contribution is -0.383. The minimum Gasteiger partial charge on any atom is -0.362 e. The molecule has 0 unspecified atom stereocenters. The largest absolute Gasteiger partial charge is 0.362 e. The van der Waals surface area contributed by atoms with Crippen molar-refractivity contribution in [2.45, 2.75) is 39.2 Å². The highest BCUT2D eigenvalue weighted by molar-refractivity contribution is 5.70. The highest BCUT2D eigenvalue weighted by Crippen LogP contribution is 2.33. The van der Waals surface area contributed by atoms with Gasteiger partial charge in [-0.1, -0.05) is 0 Å². The van der Waals surface area contributed by atoms with E-state index in [4.69, 9.17) is 0 Å². The van der Waals surface area contributed by atoms with Crippen LogP contribution in [0, 0.1) is 10.1 Å². The average Bonchev–Trinajstić information content (AvgIpc) is 2.38. The van der Waals surface area contributed by atoms with Crippen LogP contribution in [0.25, 0.3) is 0 Å². The van der Waals surface area contributed by atoms with Crippen molar-refractivity contribution >= 4 is 17.3 Å². The number of hydrogen-bond donors (Lipinski definition) is 1. The minimum atomic E-state index is -0.394. The Balaban J connectivity index is 2.38. The molecule has 1 aliphatic rings. The molecule has 0 radical (unpaired) electrons. The second kappa shape index (κ2) is 5.81. The molecular formula is C12H19N5O2. The molecule has 1 saturated heterocycles. The molecule has 1 aliphatic heterocycles. The normalized spacial score (nSPS) is 15.6. The number of nitro groups is 1. The minimum absolute atomic E-state index is 0.0156. The Labute approximate surface area is 112 Å². The smallest absolute Gasteiger partial charge is 0.353 e. The summed E-state index contributed by atoms with van der Waals surface area (Å²) in [7, 11) is 0. The van der Waals surface area contributed by atoms with Gasteiger partial charge in [0.1, 0.15) is 6.33 Å². The summed E-state index contributed by atoms with van der Waals surface area (Å²) in [5.41, 5.74) is -0.0156. The zero-order valence-electron chi connectivity index (χ0n) is 11.3. The van der Waals surface area contributed by atoms with Crippen molar-refractivity contribution in [1.82, 2.24) is 9.97 Å². The van der Waals surface area contributed by atoms with E-state index >= 15 is 0 Å². The van der Waals surface area contributed by atoms with E-state index in [0.29, 0.717) is 11.6 Å². The van der Waals surface area contributed by atoms with Gasteiger partial charge in [-0.2, -0.15) is 0 Å². The molecule has 0 amide bonds. The van der Waals surface area contributed by atoms with Gasteiger partial charge in [0, 0.05) is 19.1 Å². The molecule has 0 spiro atoms. The SMILES string of the molecule is CC(C)Nc1ncnc(N2CCCCC2)c1[N+](=O)[O-]. The fourth-order valence-corrected chi connectivity index (χ4v) is 2.25. The van der Waals surface area contributed by atoms with Crippen molar-refractivity contribution in [3.05, 3.63) is 16.4 Å². The van der Waals surface area contributed by atoms with Gasteiger partial charge in [-0.05, 0) is 33.1 Å². The number of piperidine rings is 1. The van der Waals surface area contributed by atoms with Gasteiger partial charge in [0.2, 0.25) is 11.6 Å².